The fourth-order valence-electron chi connectivity index (χ4n) is 2.65. The SMILES string of the molecule is Cc1cccc(CN(C)C(=O)c2ccc3c(c2)NCC3)n1. The maximum atomic E-state index is 12.5. The van der Waals surface area contributed by atoms with Gasteiger partial charge in [-0.3, -0.25) is 9.78 Å². The molecule has 108 valence electrons. The number of amides is 1. The van der Waals surface area contributed by atoms with E-state index in [1.54, 1.807) is 4.90 Å². The minimum absolute atomic E-state index is 0.0230. The molecule has 0 saturated heterocycles. The minimum atomic E-state index is 0.0230. The maximum absolute atomic E-state index is 12.5. The first-order chi connectivity index (χ1) is 10.1. The number of pyridine rings is 1. The van der Waals surface area contributed by atoms with E-state index in [-0.39, 0.29) is 5.91 Å². The Bertz CT molecular complexity index is 681. The van der Waals surface area contributed by atoms with Crippen molar-refractivity contribution >= 4 is 11.6 Å². The van der Waals surface area contributed by atoms with Crippen molar-refractivity contribution < 1.29 is 4.79 Å². The Kier molecular flexibility index (Phi) is 3.60. The zero-order valence-corrected chi connectivity index (χ0v) is 12.4. The summed E-state index contributed by atoms with van der Waals surface area (Å²) in [7, 11) is 1.81. The van der Waals surface area contributed by atoms with Crippen LogP contribution in [0.25, 0.3) is 0 Å². The number of aryl methyl sites for hydroxylation is 1. The second-order valence-electron chi connectivity index (χ2n) is 5.48. The number of hydrogen-bond donors (Lipinski definition) is 1. The fraction of sp³-hybridized carbons (Fsp3) is 0.294. The van der Waals surface area contributed by atoms with Gasteiger partial charge in [0.15, 0.2) is 0 Å². The van der Waals surface area contributed by atoms with Crippen molar-refractivity contribution in [3.8, 4) is 0 Å². The molecule has 1 amide bonds. The summed E-state index contributed by atoms with van der Waals surface area (Å²) in [6.45, 7) is 3.43. The van der Waals surface area contributed by atoms with Gasteiger partial charge in [-0.2, -0.15) is 0 Å². The second-order valence-corrected chi connectivity index (χ2v) is 5.48. The highest BCUT2D eigenvalue weighted by Crippen LogP contribution is 2.23. The van der Waals surface area contributed by atoms with E-state index in [1.165, 1.54) is 5.56 Å². The van der Waals surface area contributed by atoms with Gasteiger partial charge in [0.1, 0.15) is 0 Å². The number of aromatic nitrogens is 1. The fourth-order valence-corrected chi connectivity index (χ4v) is 2.65. The average molecular weight is 281 g/mol. The minimum Gasteiger partial charge on any atom is -0.384 e. The van der Waals surface area contributed by atoms with Gasteiger partial charge in [-0.05, 0) is 43.2 Å². The zero-order chi connectivity index (χ0) is 14.8. The highest BCUT2D eigenvalue weighted by Gasteiger charge is 2.16. The number of nitrogens with zero attached hydrogens (tertiary/aromatic N) is 2. The molecule has 0 saturated carbocycles. The third-order valence-electron chi connectivity index (χ3n) is 3.76. The lowest BCUT2D eigenvalue weighted by Crippen LogP contribution is -2.26. The molecule has 0 bridgehead atoms. The standard InChI is InChI=1S/C17H19N3O/c1-12-4-3-5-15(19-12)11-20(2)17(21)14-7-6-13-8-9-18-16(13)10-14/h3-7,10,18H,8-9,11H2,1-2H3. The normalized spacial score (nSPS) is 12.7. The van der Waals surface area contributed by atoms with Crippen LogP contribution in [0.15, 0.2) is 36.4 Å². The number of nitrogens with one attached hydrogen (secondary N) is 1. The molecule has 3 rings (SSSR count). The van der Waals surface area contributed by atoms with E-state index in [0.717, 1.165) is 35.6 Å². The van der Waals surface area contributed by atoms with E-state index < -0.39 is 0 Å². The number of carbonyl (C=O) groups is 1. The van der Waals surface area contributed by atoms with E-state index in [9.17, 15) is 4.79 Å². The van der Waals surface area contributed by atoms with Crippen molar-refractivity contribution in [2.45, 2.75) is 19.9 Å². The Hall–Kier alpha value is -2.36. The van der Waals surface area contributed by atoms with Crippen molar-refractivity contribution in [3.05, 3.63) is 58.9 Å². The summed E-state index contributed by atoms with van der Waals surface area (Å²) in [4.78, 5) is 18.7. The molecule has 21 heavy (non-hydrogen) atoms. The molecule has 4 heteroatoms. The summed E-state index contributed by atoms with van der Waals surface area (Å²) in [6.07, 6.45) is 1.03. The summed E-state index contributed by atoms with van der Waals surface area (Å²) in [5.41, 5.74) is 4.97. The monoisotopic (exact) mass is 281 g/mol. The number of rotatable bonds is 3. The molecular formula is C17H19N3O. The first-order valence-electron chi connectivity index (χ1n) is 7.18. The lowest BCUT2D eigenvalue weighted by Gasteiger charge is -2.17. The molecule has 0 aliphatic carbocycles. The van der Waals surface area contributed by atoms with Crippen LogP contribution in [0.5, 0.6) is 0 Å². The third kappa shape index (κ3) is 2.89. The maximum Gasteiger partial charge on any atom is 0.254 e. The van der Waals surface area contributed by atoms with Crippen molar-refractivity contribution in [1.82, 2.24) is 9.88 Å². The van der Waals surface area contributed by atoms with Gasteiger partial charge in [-0.15, -0.1) is 0 Å². The van der Waals surface area contributed by atoms with Crippen LogP contribution in [0.1, 0.15) is 27.3 Å². The van der Waals surface area contributed by atoms with E-state index in [4.69, 9.17) is 0 Å². The topological polar surface area (TPSA) is 45.2 Å². The van der Waals surface area contributed by atoms with Crippen LogP contribution in [0.3, 0.4) is 0 Å². The molecular weight excluding hydrogens is 262 g/mol. The van der Waals surface area contributed by atoms with Gasteiger partial charge in [-0.25, -0.2) is 0 Å². The van der Waals surface area contributed by atoms with E-state index in [2.05, 4.69) is 10.3 Å². The Balaban J connectivity index is 1.75. The van der Waals surface area contributed by atoms with Crippen molar-refractivity contribution in [2.24, 2.45) is 0 Å². The Morgan fingerprint density at radius 1 is 1.33 bits per heavy atom. The molecule has 0 unspecified atom stereocenters. The van der Waals surface area contributed by atoms with Crippen LogP contribution >= 0.6 is 0 Å². The van der Waals surface area contributed by atoms with Crippen LogP contribution in [0, 0.1) is 6.92 Å². The zero-order valence-electron chi connectivity index (χ0n) is 12.4. The molecule has 1 N–H and O–H groups in total. The molecule has 1 aliphatic rings. The molecule has 1 aliphatic heterocycles. The van der Waals surface area contributed by atoms with Gasteiger partial charge in [0.2, 0.25) is 0 Å². The van der Waals surface area contributed by atoms with E-state index >= 15 is 0 Å². The molecule has 1 aromatic heterocycles. The predicted molar refractivity (Wildman–Crippen MR) is 83.4 cm³/mol. The number of benzene rings is 1. The highest BCUT2D eigenvalue weighted by molar-refractivity contribution is 5.95. The van der Waals surface area contributed by atoms with E-state index in [1.807, 2.05) is 50.4 Å². The first kappa shape index (κ1) is 13.6. The smallest absolute Gasteiger partial charge is 0.254 e. The second kappa shape index (κ2) is 5.56. The average Bonchev–Trinajstić information content (AvgIpc) is 2.93. The van der Waals surface area contributed by atoms with Crippen molar-refractivity contribution in [1.29, 1.82) is 0 Å². The molecule has 0 atom stereocenters. The Morgan fingerprint density at radius 2 is 2.19 bits per heavy atom. The van der Waals surface area contributed by atoms with Crippen molar-refractivity contribution in [2.75, 3.05) is 18.9 Å². The Labute approximate surface area is 124 Å². The summed E-state index contributed by atoms with van der Waals surface area (Å²) in [5, 5.41) is 3.31. The van der Waals surface area contributed by atoms with Gasteiger partial charge in [0, 0.05) is 30.5 Å². The van der Waals surface area contributed by atoms with Gasteiger partial charge in [0.25, 0.3) is 5.91 Å². The molecule has 1 aromatic carbocycles. The molecule has 0 radical (unpaired) electrons. The largest absolute Gasteiger partial charge is 0.384 e. The molecule has 2 aromatic rings. The van der Waals surface area contributed by atoms with Crippen molar-refractivity contribution in [3.63, 3.8) is 0 Å². The van der Waals surface area contributed by atoms with Crippen LogP contribution in [0.2, 0.25) is 0 Å². The molecule has 2 heterocycles. The molecule has 0 spiro atoms. The predicted octanol–water partition coefficient (Wildman–Crippen LogP) is 2.63. The molecule has 0 fully saturated rings. The van der Waals surface area contributed by atoms with Crippen LogP contribution < -0.4 is 5.32 Å². The third-order valence-corrected chi connectivity index (χ3v) is 3.76. The summed E-state index contributed by atoms with van der Waals surface area (Å²) in [5.74, 6) is 0.0230. The van der Waals surface area contributed by atoms with Gasteiger partial charge in [0.05, 0.1) is 12.2 Å². The van der Waals surface area contributed by atoms with Gasteiger partial charge < -0.3 is 10.2 Å². The molecule has 4 nitrogen and oxygen atoms in total. The number of fused-ring (bicyclic) bond motifs is 1. The summed E-state index contributed by atoms with van der Waals surface area (Å²) >= 11 is 0. The van der Waals surface area contributed by atoms with Gasteiger partial charge >= 0.3 is 0 Å². The summed E-state index contributed by atoms with van der Waals surface area (Å²) in [6, 6.07) is 11.8. The Morgan fingerprint density at radius 3 is 3.00 bits per heavy atom. The van der Waals surface area contributed by atoms with Crippen LogP contribution in [-0.4, -0.2) is 29.4 Å². The first-order valence-corrected chi connectivity index (χ1v) is 7.18. The van der Waals surface area contributed by atoms with Crippen LogP contribution in [0.4, 0.5) is 5.69 Å². The van der Waals surface area contributed by atoms with E-state index in [0.29, 0.717) is 6.54 Å². The number of hydrogen-bond acceptors (Lipinski definition) is 3. The highest BCUT2D eigenvalue weighted by atomic mass is 16.2. The number of anilines is 1. The lowest BCUT2D eigenvalue weighted by molar-refractivity contribution is 0.0783. The summed E-state index contributed by atoms with van der Waals surface area (Å²) < 4.78 is 0. The van der Waals surface area contributed by atoms with Crippen LogP contribution in [-0.2, 0) is 13.0 Å². The lowest BCUT2D eigenvalue weighted by atomic mass is 10.1. The number of carbonyl (C=O) groups excluding carboxylic acids is 1. The quantitative estimate of drug-likeness (QED) is 0.940. The van der Waals surface area contributed by atoms with Gasteiger partial charge in [-0.1, -0.05) is 12.1 Å².